The molecule has 7 nitrogen and oxygen atoms in total. The van der Waals surface area contributed by atoms with E-state index in [0.29, 0.717) is 18.4 Å². The predicted molar refractivity (Wildman–Crippen MR) is 102 cm³/mol. The molecule has 1 unspecified atom stereocenters. The third-order valence-corrected chi connectivity index (χ3v) is 3.35. The van der Waals surface area contributed by atoms with Crippen molar-refractivity contribution in [2.24, 2.45) is 4.99 Å². The van der Waals surface area contributed by atoms with Crippen molar-refractivity contribution < 1.29 is 9.21 Å². The highest BCUT2D eigenvalue weighted by molar-refractivity contribution is 14.0. The summed E-state index contributed by atoms with van der Waals surface area (Å²) in [5, 5.41) is 6.40. The molecule has 1 atom stereocenters. The van der Waals surface area contributed by atoms with Gasteiger partial charge < -0.3 is 20.0 Å². The molecule has 0 aromatic carbocycles. The van der Waals surface area contributed by atoms with E-state index < -0.39 is 0 Å². The molecule has 0 saturated heterocycles. The zero-order chi connectivity index (χ0) is 16.7. The summed E-state index contributed by atoms with van der Waals surface area (Å²) in [6, 6.07) is 0.258. The van der Waals surface area contributed by atoms with Crippen LogP contribution < -0.4 is 10.6 Å². The SMILES string of the molecule is CCC(C)NC(=NCC(=O)N(C)C)NCc1nc(C)c(C)o1.I. The highest BCUT2D eigenvalue weighted by atomic mass is 127. The third kappa shape index (κ3) is 7.67. The van der Waals surface area contributed by atoms with Gasteiger partial charge in [-0.3, -0.25) is 4.79 Å². The van der Waals surface area contributed by atoms with E-state index in [-0.39, 0.29) is 42.5 Å². The first-order chi connectivity index (χ1) is 10.3. The molecule has 132 valence electrons. The minimum Gasteiger partial charge on any atom is -0.444 e. The van der Waals surface area contributed by atoms with Crippen LogP contribution >= 0.6 is 24.0 Å². The molecule has 1 amide bonds. The number of aromatic nitrogens is 1. The Morgan fingerprint density at radius 2 is 2.04 bits per heavy atom. The average Bonchev–Trinajstić information content (AvgIpc) is 2.79. The van der Waals surface area contributed by atoms with Gasteiger partial charge >= 0.3 is 0 Å². The van der Waals surface area contributed by atoms with E-state index in [0.717, 1.165) is 17.9 Å². The number of carbonyl (C=O) groups excluding carboxylic acids is 1. The van der Waals surface area contributed by atoms with Crippen molar-refractivity contribution in [1.82, 2.24) is 20.5 Å². The summed E-state index contributed by atoms with van der Waals surface area (Å²) in [6.45, 7) is 8.46. The molecule has 0 bridgehead atoms. The van der Waals surface area contributed by atoms with Gasteiger partial charge in [0.2, 0.25) is 11.8 Å². The molecule has 1 rings (SSSR count). The van der Waals surface area contributed by atoms with E-state index >= 15 is 0 Å². The van der Waals surface area contributed by atoms with Crippen molar-refractivity contribution >= 4 is 35.8 Å². The molecule has 1 heterocycles. The summed E-state index contributed by atoms with van der Waals surface area (Å²) in [5.74, 6) is 1.95. The molecule has 0 aliphatic heterocycles. The van der Waals surface area contributed by atoms with Gasteiger partial charge in [0, 0.05) is 20.1 Å². The molecule has 8 heteroatoms. The number of nitrogens with one attached hydrogen (secondary N) is 2. The number of likely N-dealkylation sites (N-methyl/N-ethyl adjacent to an activating group) is 1. The number of amides is 1. The van der Waals surface area contributed by atoms with Gasteiger partial charge in [0.25, 0.3) is 0 Å². The number of carbonyl (C=O) groups is 1. The lowest BCUT2D eigenvalue weighted by molar-refractivity contribution is -0.127. The zero-order valence-corrected chi connectivity index (χ0v) is 17.1. The van der Waals surface area contributed by atoms with E-state index in [2.05, 4.69) is 34.5 Å². The number of oxazole rings is 1. The van der Waals surface area contributed by atoms with E-state index in [1.165, 1.54) is 4.90 Å². The molecule has 1 aromatic rings. The summed E-state index contributed by atoms with van der Waals surface area (Å²) in [7, 11) is 3.43. The number of hydrogen-bond acceptors (Lipinski definition) is 4. The maximum absolute atomic E-state index is 11.7. The van der Waals surface area contributed by atoms with Gasteiger partial charge in [0.1, 0.15) is 12.3 Å². The molecule has 1 aromatic heterocycles. The van der Waals surface area contributed by atoms with E-state index in [9.17, 15) is 4.79 Å². The number of nitrogens with zero attached hydrogens (tertiary/aromatic N) is 3. The lowest BCUT2D eigenvalue weighted by atomic mass is 10.3. The molecule has 0 radical (unpaired) electrons. The Labute approximate surface area is 155 Å². The highest BCUT2D eigenvalue weighted by Crippen LogP contribution is 2.07. The fourth-order valence-electron chi connectivity index (χ4n) is 1.55. The molecule has 0 aliphatic carbocycles. The van der Waals surface area contributed by atoms with Crippen LogP contribution in [0.3, 0.4) is 0 Å². The molecular weight excluding hydrogens is 409 g/mol. The van der Waals surface area contributed by atoms with Gasteiger partial charge in [-0.05, 0) is 27.2 Å². The number of rotatable bonds is 6. The monoisotopic (exact) mass is 437 g/mol. The van der Waals surface area contributed by atoms with Gasteiger partial charge in [0.15, 0.2) is 5.96 Å². The van der Waals surface area contributed by atoms with Crippen LogP contribution in [-0.4, -0.2) is 48.4 Å². The Morgan fingerprint density at radius 1 is 1.39 bits per heavy atom. The maximum Gasteiger partial charge on any atom is 0.243 e. The second-order valence-corrected chi connectivity index (χ2v) is 5.51. The molecular formula is C15H28IN5O2. The zero-order valence-electron chi connectivity index (χ0n) is 14.8. The van der Waals surface area contributed by atoms with Crippen molar-refractivity contribution in [3.05, 3.63) is 17.3 Å². The van der Waals surface area contributed by atoms with Crippen molar-refractivity contribution in [3.63, 3.8) is 0 Å². The van der Waals surface area contributed by atoms with Crippen molar-refractivity contribution in [2.75, 3.05) is 20.6 Å². The Hall–Kier alpha value is -1.32. The lowest BCUT2D eigenvalue weighted by Crippen LogP contribution is -2.42. The van der Waals surface area contributed by atoms with Crippen LogP contribution in [0.2, 0.25) is 0 Å². The van der Waals surface area contributed by atoms with Crippen LogP contribution in [0.25, 0.3) is 0 Å². The fraction of sp³-hybridized carbons (Fsp3) is 0.667. The summed E-state index contributed by atoms with van der Waals surface area (Å²) in [5.41, 5.74) is 0.882. The van der Waals surface area contributed by atoms with Crippen LogP contribution in [0.5, 0.6) is 0 Å². The lowest BCUT2D eigenvalue weighted by Gasteiger charge is -2.16. The summed E-state index contributed by atoms with van der Waals surface area (Å²) < 4.78 is 5.53. The molecule has 0 spiro atoms. The van der Waals surface area contributed by atoms with Crippen molar-refractivity contribution in [2.45, 2.75) is 46.7 Å². The summed E-state index contributed by atoms with van der Waals surface area (Å²) in [4.78, 5) is 21.8. The normalized spacial score (nSPS) is 12.3. The first-order valence-electron chi connectivity index (χ1n) is 7.51. The van der Waals surface area contributed by atoms with Crippen molar-refractivity contribution in [1.29, 1.82) is 0 Å². The van der Waals surface area contributed by atoms with Gasteiger partial charge in [-0.1, -0.05) is 6.92 Å². The Morgan fingerprint density at radius 3 is 2.52 bits per heavy atom. The van der Waals surface area contributed by atoms with Gasteiger partial charge in [-0.25, -0.2) is 9.98 Å². The largest absolute Gasteiger partial charge is 0.444 e. The summed E-state index contributed by atoms with van der Waals surface area (Å²) in [6.07, 6.45) is 0.958. The average molecular weight is 437 g/mol. The van der Waals surface area contributed by atoms with E-state index in [1.54, 1.807) is 14.1 Å². The number of hydrogen-bond donors (Lipinski definition) is 2. The van der Waals surface area contributed by atoms with Crippen LogP contribution in [0, 0.1) is 13.8 Å². The minimum absolute atomic E-state index is 0. The number of halogens is 1. The first-order valence-corrected chi connectivity index (χ1v) is 7.51. The van der Waals surface area contributed by atoms with Gasteiger partial charge in [-0.15, -0.1) is 24.0 Å². The van der Waals surface area contributed by atoms with Crippen LogP contribution in [0.4, 0.5) is 0 Å². The summed E-state index contributed by atoms with van der Waals surface area (Å²) >= 11 is 0. The van der Waals surface area contributed by atoms with Crippen LogP contribution in [-0.2, 0) is 11.3 Å². The molecule has 2 N–H and O–H groups in total. The topological polar surface area (TPSA) is 82.8 Å². The van der Waals surface area contributed by atoms with E-state index in [1.807, 2.05) is 13.8 Å². The first kappa shape index (κ1) is 21.7. The third-order valence-electron chi connectivity index (χ3n) is 3.35. The number of aryl methyl sites for hydroxylation is 2. The van der Waals surface area contributed by atoms with Gasteiger partial charge in [-0.2, -0.15) is 0 Å². The van der Waals surface area contributed by atoms with Crippen LogP contribution in [0.15, 0.2) is 9.41 Å². The highest BCUT2D eigenvalue weighted by Gasteiger charge is 2.09. The Balaban J connectivity index is 0.00000484. The molecule has 0 saturated carbocycles. The predicted octanol–water partition coefficient (Wildman–Crippen LogP) is 1.83. The fourth-order valence-corrected chi connectivity index (χ4v) is 1.55. The smallest absolute Gasteiger partial charge is 0.243 e. The second-order valence-electron chi connectivity index (χ2n) is 5.51. The Kier molecular flexibility index (Phi) is 9.85. The molecule has 0 aliphatic rings. The van der Waals surface area contributed by atoms with Crippen molar-refractivity contribution in [3.8, 4) is 0 Å². The standard InChI is InChI=1S/C15H27N5O2.HI/c1-7-10(2)18-15(17-9-14(21)20(5)6)16-8-13-19-11(3)12(4)22-13;/h10H,7-9H2,1-6H3,(H2,16,17,18);1H. The second kappa shape index (κ2) is 10.5. The van der Waals surface area contributed by atoms with Gasteiger partial charge in [0.05, 0.1) is 12.2 Å². The molecule has 23 heavy (non-hydrogen) atoms. The quantitative estimate of drug-likeness (QED) is 0.403. The molecule has 0 fully saturated rings. The Bertz CT molecular complexity index is 508. The number of aliphatic imine (C=N–C) groups is 1. The van der Waals surface area contributed by atoms with Crippen LogP contribution in [0.1, 0.15) is 37.6 Å². The number of guanidine groups is 1. The van der Waals surface area contributed by atoms with E-state index in [4.69, 9.17) is 4.42 Å². The maximum atomic E-state index is 11.7. The minimum atomic E-state index is -0.0481.